The minimum absolute atomic E-state index is 0.322. The van der Waals surface area contributed by atoms with Gasteiger partial charge in [-0.1, -0.05) is 31.0 Å². The summed E-state index contributed by atoms with van der Waals surface area (Å²) in [4.78, 5) is 37.1. The van der Waals surface area contributed by atoms with Crippen LogP contribution in [-0.2, 0) is 16.6 Å². The number of aryl methyl sites for hydroxylation is 1. The lowest BCUT2D eigenvalue weighted by Crippen LogP contribution is -2.52. The summed E-state index contributed by atoms with van der Waals surface area (Å²) in [6.45, 7) is 3.33. The van der Waals surface area contributed by atoms with Crippen molar-refractivity contribution in [2.75, 3.05) is 5.32 Å². The molecule has 4 aromatic rings. The topological polar surface area (TPSA) is 100 Å². The number of hydrogen-bond donors (Lipinski definition) is 3. The largest absolute Gasteiger partial charge is 0.478 e. The van der Waals surface area contributed by atoms with Gasteiger partial charge in [0.15, 0.2) is 0 Å². The average Bonchev–Trinajstić information content (AvgIpc) is 3.69. The number of carbonyl (C=O) groups excluding carboxylic acids is 2. The fourth-order valence-corrected chi connectivity index (χ4v) is 6.17. The molecule has 2 heterocycles. The zero-order valence-electron chi connectivity index (χ0n) is 22.9. The highest BCUT2D eigenvalue weighted by molar-refractivity contribution is 7.08. The van der Waals surface area contributed by atoms with Crippen molar-refractivity contribution in [2.24, 2.45) is 7.05 Å². The molecule has 1 fully saturated rings. The standard InChI is InChI=1S/C32H33N3O4S/c1-32(2,31(39)33-24-12-8-20(9-13-24)10-15-27(36)37)34-30(38)22-11-14-25-26(18-22)35(3)29(23-16-17-40-19-23)28(25)21-6-4-5-7-21/h8-19,21H,4-7H2,1-3H3,(H,33,39)(H,34,38)(H,36,37)/b15-10+. The van der Waals surface area contributed by atoms with Gasteiger partial charge in [0, 0.05) is 46.2 Å². The van der Waals surface area contributed by atoms with Crippen molar-refractivity contribution < 1.29 is 19.5 Å². The van der Waals surface area contributed by atoms with Gasteiger partial charge in [0.2, 0.25) is 5.91 Å². The predicted octanol–water partition coefficient (Wildman–Crippen LogP) is 6.81. The summed E-state index contributed by atoms with van der Waals surface area (Å²) in [5.41, 5.74) is 5.38. The van der Waals surface area contributed by atoms with Gasteiger partial charge in [0.25, 0.3) is 5.91 Å². The highest BCUT2D eigenvalue weighted by Gasteiger charge is 2.31. The Labute approximate surface area is 237 Å². The lowest BCUT2D eigenvalue weighted by molar-refractivity contribution is -0.131. The number of benzene rings is 2. The zero-order valence-corrected chi connectivity index (χ0v) is 23.7. The number of carbonyl (C=O) groups is 3. The van der Waals surface area contributed by atoms with Gasteiger partial charge in [-0.3, -0.25) is 9.59 Å². The summed E-state index contributed by atoms with van der Waals surface area (Å²) in [5.74, 6) is -1.20. The lowest BCUT2D eigenvalue weighted by atomic mass is 9.92. The molecule has 3 N–H and O–H groups in total. The number of thiophene rings is 1. The maximum absolute atomic E-state index is 13.4. The Morgan fingerprint density at radius 3 is 2.42 bits per heavy atom. The van der Waals surface area contributed by atoms with E-state index in [0.717, 1.165) is 11.6 Å². The van der Waals surface area contributed by atoms with Crippen LogP contribution >= 0.6 is 11.3 Å². The molecule has 1 aliphatic carbocycles. The normalized spacial score (nSPS) is 14.2. The van der Waals surface area contributed by atoms with Crippen molar-refractivity contribution in [1.29, 1.82) is 0 Å². The van der Waals surface area contributed by atoms with E-state index < -0.39 is 11.5 Å². The molecule has 2 aromatic heterocycles. The third-order valence-electron chi connectivity index (χ3n) is 7.64. The lowest BCUT2D eigenvalue weighted by Gasteiger charge is -2.25. The number of hydrogen-bond acceptors (Lipinski definition) is 4. The fraction of sp³-hybridized carbons (Fsp3) is 0.281. The molecule has 0 unspecified atom stereocenters. The molecule has 0 radical (unpaired) electrons. The number of fused-ring (bicyclic) bond motifs is 1. The second-order valence-corrected chi connectivity index (χ2v) is 11.7. The van der Waals surface area contributed by atoms with E-state index in [9.17, 15) is 14.4 Å². The number of aliphatic carboxylic acids is 1. The predicted molar refractivity (Wildman–Crippen MR) is 161 cm³/mol. The molecule has 7 nitrogen and oxygen atoms in total. The average molecular weight is 556 g/mol. The van der Waals surface area contributed by atoms with Crippen LogP contribution < -0.4 is 10.6 Å². The number of nitrogens with one attached hydrogen (secondary N) is 2. The van der Waals surface area contributed by atoms with E-state index in [2.05, 4.69) is 45.1 Å². The quantitative estimate of drug-likeness (QED) is 0.208. The molecular weight excluding hydrogens is 522 g/mol. The Morgan fingerprint density at radius 2 is 1.77 bits per heavy atom. The van der Waals surface area contributed by atoms with Crippen LogP contribution in [0.4, 0.5) is 5.69 Å². The zero-order chi connectivity index (χ0) is 28.4. The van der Waals surface area contributed by atoms with Crippen molar-refractivity contribution in [2.45, 2.75) is 51.0 Å². The maximum Gasteiger partial charge on any atom is 0.328 e. The van der Waals surface area contributed by atoms with E-state index in [0.29, 0.717) is 22.7 Å². The molecule has 40 heavy (non-hydrogen) atoms. The Kier molecular flexibility index (Phi) is 7.63. The van der Waals surface area contributed by atoms with E-state index in [-0.39, 0.29) is 11.8 Å². The van der Waals surface area contributed by atoms with E-state index in [1.807, 2.05) is 12.1 Å². The molecule has 2 aromatic carbocycles. The SMILES string of the molecule is Cn1c(-c2ccsc2)c(C2CCCC2)c2ccc(C(=O)NC(C)(C)C(=O)Nc3ccc(/C=C/C(=O)O)cc3)cc21. The molecule has 5 rings (SSSR count). The van der Waals surface area contributed by atoms with E-state index in [1.165, 1.54) is 54.0 Å². The van der Waals surface area contributed by atoms with Crippen LogP contribution in [0, 0.1) is 0 Å². The van der Waals surface area contributed by atoms with Gasteiger partial charge in [-0.05, 0) is 85.5 Å². The summed E-state index contributed by atoms with van der Waals surface area (Å²) in [5, 5.41) is 20.0. The van der Waals surface area contributed by atoms with Gasteiger partial charge in [0.1, 0.15) is 5.54 Å². The first-order valence-corrected chi connectivity index (χ1v) is 14.4. The Morgan fingerprint density at radius 1 is 1.05 bits per heavy atom. The van der Waals surface area contributed by atoms with Crippen molar-refractivity contribution in [3.05, 3.63) is 82.1 Å². The minimum atomic E-state index is -1.18. The van der Waals surface area contributed by atoms with Crippen molar-refractivity contribution in [1.82, 2.24) is 9.88 Å². The first-order chi connectivity index (χ1) is 19.1. The highest BCUT2D eigenvalue weighted by Crippen LogP contribution is 2.45. The van der Waals surface area contributed by atoms with E-state index in [4.69, 9.17) is 5.11 Å². The van der Waals surface area contributed by atoms with E-state index >= 15 is 0 Å². The third kappa shape index (κ3) is 5.58. The Hall–Kier alpha value is -4.17. The van der Waals surface area contributed by atoms with Crippen LogP contribution in [0.25, 0.3) is 28.2 Å². The molecule has 2 amide bonds. The summed E-state index contributed by atoms with van der Waals surface area (Å²) < 4.78 is 2.20. The van der Waals surface area contributed by atoms with Crippen LogP contribution in [0.5, 0.6) is 0 Å². The maximum atomic E-state index is 13.4. The van der Waals surface area contributed by atoms with Gasteiger partial charge in [-0.15, -0.1) is 0 Å². The minimum Gasteiger partial charge on any atom is -0.478 e. The molecule has 0 atom stereocenters. The molecule has 0 bridgehead atoms. The molecule has 1 saturated carbocycles. The number of amides is 2. The number of carboxylic acid groups (broad SMARTS) is 1. The summed E-state index contributed by atoms with van der Waals surface area (Å²) in [7, 11) is 2.07. The van der Waals surface area contributed by atoms with Gasteiger partial charge in [-0.2, -0.15) is 11.3 Å². The van der Waals surface area contributed by atoms with Crippen LogP contribution in [0.3, 0.4) is 0 Å². The summed E-state index contributed by atoms with van der Waals surface area (Å²) in [6, 6.07) is 14.8. The number of nitrogens with zero attached hydrogens (tertiary/aromatic N) is 1. The fourth-order valence-electron chi connectivity index (χ4n) is 5.53. The van der Waals surface area contributed by atoms with E-state index in [1.54, 1.807) is 49.4 Å². The summed E-state index contributed by atoms with van der Waals surface area (Å²) >= 11 is 1.69. The molecule has 1 aliphatic rings. The second kappa shape index (κ2) is 11.1. The number of anilines is 1. The highest BCUT2D eigenvalue weighted by atomic mass is 32.1. The number of aromatic nitrogens is 1. The van der Waals surface area contributed by atoms with Crippen LogP contribution in [0.1, 0.15) is 66.9 Å². The van der Waals surface area contributed by atoms with Crippen LogP contribution in [-0.4, -0.2) is 33.0 Å². The molecule has 0 saturated heterocycles. The monoisotopic (exact) mass is 555 g/mol. The Balaban J connectivity index is 1.36. The van der Waals surface area contributed by atoms with Gasteiger partial charge in [-0.25, -0.2) is 4.79 Å². The first kappa shape index (κ1) is 27.4. The van der Waals surface area contributed by atoms with Crippen LogP contribution in [0.15, 0.2) is 65.4 Å². The molecule has 0 aliphatic heterocycles. The number of carboxylic acids is 1. The third-order valence-corrected chi connectivity index (χ3v) is 8.32. The smallest absolute Gasteiger partial charge is 0.328 e. The Bertz CT molecular complexity index is 1590. The van der Waals surface area contributed by atoms with Gasteiger partial charge >= 0.3 is 5.97 Å². The van der Waals surface area contributed by atoms with Gasteiger partial charge < -0.3 is 20.3 Å². The first-order valence-electron chi connectivity index (χ1n) is 13.4. The van der Waals surface area contributed by atoms with Crippen molar-refractivity contribution >= 4 is 51.8 Å². The van der Waals surface area contributed by atoms with Gasteiger partial charge in [0.05, 0.1) is 5.69 Å². The molecular formula is C32H33N3O4S. The van der Waals surface area contributed by atoms with Crippen molar-refractivity contribution in [3.8, 4) is 11.3 Å². The second-order valence-electron chi connectivity index (χ2n) is 10.9. The van der Waals surface area contributed by atoms with Crippen molar-refractivity contribution in [3.63, 3.8) is 0 Å². The number of rotatable bonds is 8. The summed E-state index contributed by atoms with van der Waals surface area (Å²) in [6.07, 6.45) is 7.38. The molecule has 8 heteroatoms. The molecule has 0 spiro atoms. The molecule has 206 valence electrons. The van der Waals surface area contributed by atoms with Crippen LogP contribution in [0.2, 0.25) is 0 Å².